The fourth-order valence-corrected chi connectivity index (χ4v) is 4.37. The molecule has 1 atom stereocenters. The van der Waals surface area contributed by atoms with Crippen LogP contribution < -0.4 is 0 Å². The van der Waals surface area contributed by atoms with Crippen molar-refractivity contribution in [3.05, 3.63) is 77.3 Å². The van der Waals surface area contributed by atoms with E-state index in [0.717, 1.165) is 11.3 Å². The monoisotopic (exact) mass is 461 g/mol. The summed E-state index contributed by atoms with van der Waals surface area (Å²) < 4.78 is 21.0. The van der Waals surface area contributed by atoms with Gasteiger partial charge in [0.2, 0.25) is 5.82 Å². The number of rotatable bonds is 3. The first-order valence-electron chi connectivity index (χ1n) is 11.1. The largest absolute Gasteiger partial charge is 0.451 e. The summed E-state index contributed by atoms with van der Waals surface area (Å²) in [7, 11) is 0. The lowest BCUT2D eigenvalue weighted by Crippen LogP contribution is -2.55. The Morgan fingerprint density at radius 1 is 1.09 bits per heavy atom. The molecule has 2 aromatic heterocycles. The molecule has 1 aliphatic rings. The molecule has 8 nitrogen and oxygen atoms in total. The molecule has 0 spiro atoms. The van der Waals surface area contributed by atoms with Crippen molar-refractivity contribution in [1.82, 2.24) is 24.6 Å². The predicted molar refractivity (Wildman–Crippen MR) is 123 cm³/mol. The molecular formula is C25H24FN5O3. The molecule has 1 aliphatic heterocycles. The first kappa shape index (κ1) is 21.8. The minimum Gasteiger partial charge on any atom is -0.451 e. The SMILES string of the molecule is Cc1cccc(-n2cnc(C(=O)N3CCN(C(=O)c4oc5ccc(F)cc5c4C)C(C)C3)n2)c1. The molecule has 0 bridgehead atoms. The van der Waals surface area contributed by atoms with Gasteiger partial charge in [-0.05, 0) is 56.7 Å². The number of furan rings is 1. The minimum atomic E-state index is -0.380. The van der Waals surface area contributed by atoms with Crippen molar-refractivity contribution in [2.75, 3.05) is 19.6 Å². The van der Waals surface area contributed by atoms with Gasteiger partial charge in [0, 0.05) is 36.6 Å². The maximum absolute atomic E-state index is 13.6. The van der Waals surface area contributed by atoms with Gasteiger partial charge in [-0.3, -0.25) is 9.59 Å². The van der Waals surface area contributed by atoms with Gasteiger partial charge >= 0.3 is 0 Å². The smallest absolute Gasteiger partial charge is 0.293 e. The van der Waals surface area contributed by atoms with Crippen LogP contribution in [0.25, 0.3) is 16.7 Å². The second-order valence-corrected chi connectivity index (χ2v) is 8.65. The molecule has 34 heavy (non-hydrogen) atoms. The number of benzene rings is 2. The lowest BCUT2D eigenvalue weighted by Gasteiger charge is -2.39. The van der Waals surface area contributed by atoms with Crippen LogP contribution in [0.15, 0.2) is 53.2 Å². The Kier molecular flexibility index (Phi) is 5.39. The zero-order chi connectivity index (χ0) is 24.0. The highest BCUT2D eigenvalue weighted by Crippen LogP contribution is 2.28. The van der Waals surface area contributed by atoms with Crippen molar-refractivity contribution in [2.45, 2.75) is 26.8 Å². The summed E-state index contributed by atoms with van der Waals surface area (Å²) in [4.78, 5) is 33.8. The van der Waals surface area contributed by atoms with Gasteiger partial charge in [0.15, 0.2) is 5.76 Å². The predicted octanol–water partition coefficient (Wildman–Crippen LogP) is 3.76. The number of amides is 2. The number of piperazine rings is 1. The van der Waals surface area contributed by atoms with E-state index in [1.807, 2.05) is 38.1 Å². The van der Waals surface area contributed by atoms with Crippen molar-refractivity contribution in [3.63, 3.8) is 0 Å². The van der Waals surface area contributed by atoms with Gasteiger partial charge in [-0.15, -0.1) is 5.10 Å². The second kappa shape index (κ2) is 8.40. The molecule has 5 rings (SSSR count). The van der Waals surface area contributed by atoms with E-state index >= 15 is 0 Å². The Morgan fingerprint density at radius 2 is 1.91 bits per heavy atom. The number of aryl methyl sites for hydroxylation is 2. The molecule has 2 amide bonds. The lowest BCUT2D eigenvalue weighted by atomic mass is 10.1. The van der Waals surface area contributed by atoms with Gasteiger partial charge in [-0.1, -0.05) is 12.1 Å². The third kappa shape index (κ3) is 3.83. The molecule has 9 heteroatoms. The van der Waals surface area contributed by atoms with Crippen LogP contribution in [0.5, 0.6) is 0 Å². The Balaban J connectivity index is 1.30. The fraction of sp³-hybridized carbons (Fsp3) is 0.280. The molecule has 1 saturated heterocycles. The first-order chi connectivity index (χ1) is 16.3. The summed E-state index contributed by atoms with van der Waals surface area (Å²) in [5.74, 6) is -0.611. The molecule has 0 N–H and O–H groups in total. The van der Waals surface area contributed by atoms with Gasteiger partial charge in [-0.25, -0.2) is 14.1 Å². The molecule has 0 radical (unpaired) electrons. The Hall–Kier alpha value is -4.01. The summed E-state index contributed by atoms with van der Waals surface area (Å²) in [6.45, 7) is 6.65. The molecule has 1 fully saturated rings. The van der Waals surface area contributed by atoms with E-state index in [0.29, 0.717) is 36.2 Å². The molecule has 1 unspecified atom stereocenters. The van der Waals surface area contributed by atoms with Gasteiger partial charge in [0.25, 0.3) is 11.8 Å². The lowest BCUT2D eigenvalue weighted by molar-refractivity contribution is 0.0391. The Labute approximate surface area is 195 Å². The number of halogens is 1. The van der Waals surface area contributed by atoms with Crippen LogP contribution in [0.3, 0.4) is 0 Å². The van der Waals surface area contributed by atoms with E-state index < -0.39 is 0 Å². The van der Waals surface area contributed by atoms with Crippen LogP contribution >= 0.6 is 0 Å². The maximum Gasteiger partial charge on any atom is 0.293 e. The number of nitrogens with zero attached hydrogens (tertiary/aromatic N) is 5. The van der Waals surface area contributed by atoms with E-state index in [1.54, 1.807) is 21.4 Å². The molecule has 174 valence electrons. The van der Waals surface area contributed by atoms with E-state index in [4.69, 9.17) is 4.42 Å². The van der Waals surface area contributed by atoms with Crippen molar-refractivity contribution in [1.29, 1.82) is 0 Å². The van der Waals surface area contributed by atoms with Crippen LogP contribution in [0, 0.1) is 19.7 Å². The second-order valence-electron chi connectivity index (χ2n) is 8.65. The highest BCUT2D eigenvalue weighted by atomic mass is 19.1. The van der Waals surface area contributed by atoms with E-state index in [9.17, 15) is 14.0 Å². The van der Waals surface area contributed by atoms with Crippen LogP contribution in [0.2, 0.25) is 0 Å². The number of carbonyl (C=O) groups is 2. The van der Waals surface area contributed by atoms with Crippen molar-refractivity contribution < 1.29 is 18.4 Å². The van der Waals surface area contributed by atoms with Crippen molar-refractivity contribution in [2.24, 2.45) is 0 Å². The third-order valence-corrected chi connectivity index (χ3v) is 6.22. The van der Waals surface area contributed by atoms with Gasteiger partial charge in [-0.2, -0.15) is 0 Å². The van der Waals surface area contributed by atoms with E-state index in [2.05, 4.69) is 10.1 Å². The van der Waals surface area contributed by atoms with E-state index in [-0.39, 0.29) is 35.3 Å². The summed E-state index contributed by atoms with van der Waals surface area (Å²) in [5, 5.41) is 4.94. The summed E-state index contributed by atoms with van der Waals surface area (Å²) in [6, 6.07) is 11.7. The van der Waals surface area contributed by atoms with Gasteiger partial charge < -0.3 is 14.2 Å². The summed E-state index contributed by atoms with van der Waals surface area (Å²) in [5.41, 5.74) is 2.99. The quantitative estimate of drug-likeness (QED) is 0.464. The van der Waals surface area contributed by atoms with Gasteiger partial charge in [0.1, 0.15) is 17.7 Å². The molecule has 4 aromatic rings. The fourth-order valence-electron chi connectivity index (χ4n) is 4.37. The first-order valence-corrected chi connectivity index (χ1v) is 11.1. The number of aromatic nitrogens is 3. The zero-order valence-corrected chi connectivity index (χ0v) is 19.2. The number of carbonyl (C=O) groups excluding carboxylic acids is 2. The molecule has 2 aromatic carbocycles. The van der Waals surface area contributed by atoms with Crippen molar-refractivity contribution >= 4 is 22.8 Å². The summed E-state index contributed by atoms with van der Waals surface area (Å²) in [6.07, 6.45) is 1.53. The highest BCUT2D eigenvalue weighted by molar-refractivity contribution is 5.99. The number of hydrogen-bond acceptors (Lipinski definition) is 5. The number of hydrogen-bond donors (Lipinski definition) is 0. The molecule has 3 heterocycles. The summed E-state index contributed by atoms with van der Waals surface area (Å²) >= 11 is 0. The zero-order valence-electron chi connectivity index (χ0n) is 19.2. The average Bonchev–Trinajstić information content (AvgIpc) is 3.44. The normalized spacial score (nSPS) is 16.3. The minimum absolute atomic E-state index is 0.114. The Morgan fingerprint density at radius 3 is 2.68 bits per heavy atom. The highest BCUT2D eigenvalue weighted by Gasteiger charge is 2.34. The number of fused-ring (bicyclic) bond motifs is 1. The van der Waals surface area contributed by atoms with Crippen LogP contribution in [0.4, 0.5) is 4.39 Å². The van der Waals surface area contributed by atoms with Gasteiger partial charge in [0.05, 0.1) is 5.69 Å². The van der Waals surface area contributed by atoms with Crippen LogP contribution in [-0.4, -0.2) is 62.1 Å². The molecule has 0 aliphatic carbocycles. The maximum atomic E-state index is 13.6. The standard InChI is InChI=1S/C25H24FN5O3/c1-15-5-4-6-19(11-15)31-14-27-23(28-31)25(33)29-9-10-30(16(2)13-29)24(32)22-17(3)20-12-18(26)7-8-21(20)34-22/h4-8,11-12,14,16H,9-10,13H2,1-3H3. The molecular weight excluding hydrogens is 437 g/mol. The topological polar surface area (TPSA) is 84.5 Å². The third-order valence-electron chi connectivity index (χ3n) is 6.22. The van der Waals surface area contributed by atoms with Crippen molar-refractivity contribution in [3.8, 4) is 5.69 Å². The van der Waals surface area contributed by atoms with E-state index in [1.165, 1.54) is 24.5 Å². The Bertz CT molecular complexity index is 1410. The van der Waals surface area contributed by atoms with Crippen LogP contribution in [0.1, 0.15) is 39.2 Å². The van der Waals surface area contributed by atoms with Crippen LogP contribution in [-0.2, 0) is 0 Å². The average molecular weight is 461 g/mol. The molecule has 0 saturated carbocycles.